The van der Waals surface area contributed by atoms with Crippen LogP contribution in [0.2, 0.25) is 0 Å². The maximum atomic E-state index is 12.9. The number of piperazine rings is 2. The van der Waals surface area contributed by atoms with Crippen LogP contribution in [0.1, 0.15) is 6.92 Å². The molecular formula is C17H29N5O7S. The summed E-state index contributed by atoms with van der Waals surface area (Å²) < 4.78 is 38.7. The van der Waals surface area contributed by atoms with Crippen molar-refractivity contribution in [1.82, 2.24) is 23.3 Å². The number of hydrogen-bond acceptors (Lipinski definition) is 7. The molecule has 3 aliphatic rings. The van der Waals surface area contributed by atoms with Gasteiger partial charge in [-0.2, -0.15) is 17.0 Å². The van der Waals surface area contributed by atoms with E-state index in [0.29, 0.717) is 26.3 Å². The van der Waals surface area contributed by atoms with Gasteiger partial charge in [0.2, 0.25) is 0 Å². The summed E-state index contributed by atoms with van der Waals surface area (Å²) in [7, 11) is -3.70. The second-order valence-corrected chi connectivity index (χ2v) is 9.12. The molecule has 3 heterocycles. The van der Waals surface area contributed by atoms with Crippen LogP contribution in [0.3, 0.4) is 0 Å². The minimum atomic E-state index is -3.70. The summed E-state index contributed by atoms with van der Waals surface area (Å²) in [5, 5.41) is 0. The maximum absolute atomic E-state index is 12.9. The molecule has 3 fully saturated rings. The van der Waals surface area contributed by atoms with Crippen LogP contribution in [0.25, 0.3) is 0 Å². The van der Waals surface area contributed by atoms with Crippen molar-refractivity contribution in [3.8, 4) is 0 Å². The van der Waals surface area contributed by atoms with E-state index in [-0.39, 0.29) is 59.0 Å². The predicted molar refractivity (Wildman–Crippen MR) is 105 cm³/mol. The summed E-state index contributed by atoms with van der Waals surface area (Å²) in [5.74, 6) is -1.17. The van der Waals surface area contributed by atoms with Crippen LogP contribution < -0.4 is 0 Å². The van der Waals surface area contributed by atoms with Gasteiger partial charge in [0, 0.05) is 65.4 Å². The normalized spacial score (nSPS) is 22.1. The number of amides is 3. The number of rotatable bonds is 3. The second kappa shape index (κ2) is 9.90. The third kappa shape index (κ3) is 5.02. The first-order valence-electron chi connectivity index (χ1n) is 10.2. The van der Waals surface area contributed by atoms with E-state index in [1.165, 1.54) is 23.3 Å². The highest BCUT2D eigenvalue weighted by Crippen LogP contribution is 2.16. The molecule has 170 valence electrons. The van der Waals surface area contributed by atoms with Gasteiger partial charge in [0.05, 0.1) is 19.8 Å². The Kier molecular flexibility index (Phi) is 7.50. The topological polar surface area (TPSA) is 120 Å². The van der Waals surface area contributed by atoms with Crippen LogP contribution in [0, 0.1) is 0 Å². The molecule has 3 aliphatic heterocycles. The van der Waals surface area contributed by atoms with E-state index in [1.54, 1.807) is 6.92 Å². The molecule has 3 rings (SSSR count). The second-order valence-electron chi connectivity index (χ2n) is 7.19. The van der Waals surface area contributed by atoms with Crippen molar-refractivity contribution in [2.45, 2.75) is 6.92 Å². The van der Waals surface area contributed by atoms with Gasteiger partial charge in [-0.05, 0) is 6.92 Å². The highest BCUT2D eigenvalue weighted by Gasteiger charge is 2.37. The molecule has 0 N–H and O–H groups in total. The van der Waals surface area contributed by atoms with Gasteiger partial charge in [0.1, 0.15) is 0 Å². The first kappa shape index (κ1) is 22.7. The Labute approximate surface area is 176 Å². The van der Waals surface area contributed by atoms with E-state index in [2.05, 4.69) is 0 Å². The molecule has 3 saturated heterocycles. The van der Waals surface area contributed by atoms with E-state index in [9.17, 15) is 22.8 Å². The molecule has 0 saturated carbocycles. The number of hydrogen-bond donors (Lipinski definition) is 0. The van der Waals surface area contributed by atoms with Crippen molar-refractivity contribution >= 4 is 28.1 Å². The minimum Gasteiger partial charge on any atom is -0.450 e. The van der Waals surface area contributed by atoms with Crippen LogP contribution in [0.4, 0.5) is 4.79 Å². The fourth-order valence-electron chi connectivity index (χ4n) is 3.64. The lowest BCUT2D eigenvalue weighted by molar-refractivity contribution is -0.154. The molecule has 0 bridgehead atoms. The largest absolute Gasteiger partial charge is 0.450 e. The summed E-state index contributed by atoms with van der Waals surface area (Å²) in [4.78, 5) is 41.0. The van der Waals surface area contributed by atoms with Crippen LogP contribution in [-0.2, 0) is 29.3 Å². The van der Waals surface area contributed by atoms with Crippen molar-refractivity contribution in [2.24, 2.45) is 0 Å². The predicted octanol–water partition coefficient (Wildman–Crippen LogP) is -1.99. The molecule has 30 heavy (non-hydrogen) atoms. The van der Waals surface area contributed by atoms with Gasteiger partial charge in [-0.1, -0.05) is 0 Å². The smallest absolute Gasteiger partial charge is 0.409 e. The van der Waals surface area contributed by atoms with E-state index in [4.69, 9.17) is 9.47 Å². The van der Waals surface area contributed by atoms with Gasteiger partial charge < -0.3 is 24.2 Å². The molecule has 0 aromatic heterocycles. The number of morpholine rings is 1. The third-order valence-electron chi connectivity index (χ3n) is 5.42. The zero-order chi connectivity index (χ0) is 21.7. The summed E-state index contributed by atoms with van der Waals surface area (Å²) in [6.07, 6.45) is -0.438. The lowest BCUT2D eigenvalue weighted by atomic mass is 10.3. The fourth-order valence-corrected chi connectivity index (χ4v) is 5.21. The van der Waals surface area contributed by atoms with Crippen LogP contribution >= 0.6 is 0 Å². The van der Waals surface area contributed by atoms with Gasteiger partial charge in [0.15, 0.2) is 0 Å². The van der Waals surface area contributed by atoms with Crippen LogP contribution in [0.5, 0.6) is 0 Å². The van der Waals surface area contributed by atoms with Gasteiger partial charge >= 0.3 is 17.9 Å². The van der Waals surface area contributed by atoms with Crippen molar-refractivity contribution in [3.05, 3.63) is 0 Å². The molecule has 0 aromatic rings. The van der Waals surface area contributed by atoms with Crippen molar-refractivity contribution < 1.29 is 32.3 Å². The molecule has 12 nitrogen and oxygen atoms in total. The van der Waals surface area contributed by atoms with Gasteiger partial charge in [-0.15, -0.1) is 0 Å². The molecule has 0 spiro atoms. The molecule has 0 aliphatic carbocycles. The molecule has 13 heteroatoms. The van der Waals surface area contributed by atoms with Crippen molar-refractivity contribution in [1.29, 1.82) is 0 Å². The number of carbonyl (C=O) groups excluding carboxylic acids is 3. The summed E-state index contributed by atoms with van der Waals surface area (Å²) >= 11 is 0. The average Bonchev–Trinajstić information content (AvgIpc) is 2.79. The molecular weight excluding hydrogens is 418 g/mol. The van der Waals surface area contributed by atoms with E-state index in [1.807, 2.05) is 0 Å². The highest BCUT2D eigenvalue weighted by atomic mass is 32.2. The summed E-state index contributed by atoms with van der Waals surface area (Å²) in [5.41, 5.74) is 0. The molecule has 0 unspecified atom stereocenters. The Balaban J connectivity index is 1.49. The SMILES string of the molecule is CCOC(=O)N1CCN(S(=O)(=O)N2CCN(C(=O)C(=O)N3CCOCC3)CC2)CC1. The lowest BCUT2D eigenvalue weighted by Crippen LogP contribution is -2.59. The summed E-state index contributed by atoms with van der Waals surface area (Å²) in [6.45, 7) is 5.09. The lowest BCUT2D eigenvalue weighted by Gasteiger charge is -2.39. The molecule has 0 aromatic carbocycles. The molecule has 3 amide bonds. The Hall–Kier alpha value is -1.96. The van der Waals surface area contributed by atoms with E-state index in [0.717, 1.165) is 0 Å². The number of nitrogens with zero attached hydrogens (tertiary/aromatic N) is 5. The standard InChI is InChI=1S/C17H29N5O7S/c1-2-29-17(25)20-5-9-22(10-6-20)30(26,27)21-7-3-18(4-8-21)15(23)16(24)19-11-13-28-14-12-19/h2-14H2,1H3. The number of carbonyl (C=O) groups is 3. The molecule has 0 atom stereocenters. The Morgan fingerprint density at radius 3 is 1.63 bits per heavy atom. The van der Waals surface area contributed by atoms with E-state index >= 15 is 0 Å². The Bertz CT molecular complexity index is 740. The maximum Gasteiger partial charge on any atom is 0.409 e. The quantitative estimate of drug-likeness (QED) is 0.459. The summed E-state index contributed by atoms with van der Waals surface area (Å²) in [6, 6.07) is 0. The van der Waals surface area contributed by atoms with Crippen molar-refractivity contribution in [2.75, 3.05) is 85.3 Å². The van der Waals surface area contributed by atoms with Gasteiger partial charge in [-0.25, -0.2) is 4.79 Å². The van der Waals surface area contributed by atoms with Crippen LogP contribution in [0.15, 0.2) is 0 Å². The highest BCUT2D eigenvalue weighted by molar-refractivity contribution is 7.86. The third-order valence-corrected chi connectivity index (χ3v) is 7.46. The zero-order valence-electron chi connectivity index (χ0n) is 17.2. The monoisotopic (exact) mass is 447 g/mol. The average molecular weight is 448 g/mol. The van der Waals surface area contributed by atoms with Gasteiger partial charge in [-0.3, -0.25) is 9.59 Å². The Morgan fingerprint density at radius 1 is 0.733 bits per heavy atom. The van der Waals surface area contributed by atoms with Crippen LogP contribution in [-0.4, -0.2) is 135 Å². The zero-order valence-corrected chi connectivity index (χ0v) is 18.0. The van der Waals surface area contributed by atoms with Crippen molar-refractivity contribution in [3.63, 3.8) is 0 Å². The number of ether oxygens (including phenoxy) is 2. The van der Waals surface area contributed by atoms with Gasteiger partial charge in [0.25, 0.3) is 10.2 Å². The van der Waals surface area contributed by atoms with E-state index < -0.39 is 28.1 Å². The fraction of sp³-hybridized carbons (Fsp3) is 0.824. The first-order chi connectivity index (χ1) is 14.3. The molecule has 0 radical (unpaired) electrons. The minimum absolute atomic E-state index is 0.128. The Morgan fingerprint density at radius 2 is 1.17 bits per heavy atom. The first-order valence-corrected chi connectivity index (χ1v) is 11.6.